The van der Waals surface area contributed by atoms with Gasteiger partial charge >= 0.3 is 0 Å². The normalized spacial score (nSPS) is 12.6. The number of aryl methyl sites for hydroxylation is 1. The van der Waals surface area contributed by atoms with Crippen molar-refractivity contribution in [3.8, 4) is 0 Å². The van der Waals surface area contributed by atoms with Crippen LogP contribution in [0.25, 0.3) is 0 Å². The maximum atomic E-state index is 13.6. The van der Waals surface area contributed by atoms with Crippen LogP contribution in [0.4, 0.5) is 8.78 Å². The van der Waals surface area contributed by atoms with Gasteiger partial charge in [-0.05, 0) is 19.9 Å². The van der Waals surface area contributed by atoms with E-state index in [-0.39, 0.29) is 6.04 Å². The third-order valence-electron chi connectivity index (χ3n) is 3.03. The van der Waals surface area contributed by atoms with Crippen molar-refractivity contribution in [3.05, 3.63) is 47.5 Å². The van der Waals surface area contributed by atoms with Crippen molar-refractivity contribution in [2.24, 2.45) is 0 Å². The van der Waals surface area contributed by atoms with Gasteiger partial charge in [-0.2, -0.15) is 0 Å². The molecule has 2 aromatic rings. The van der Waals surface area contributed by atoms with Crippen molar-refractivity contribution in [1.29, 1.82) is 0 Å². The molecule has 2 rings (SSSR count). The Hall–Kier alpha value is -1.82. The van der Waals surface area contributed by atoms with Crippen molar-refractivity contribution in [3.63, 3.8) is 0 Å². The average molecular weight is 266 g/mol. The molecule has 0 bridgehead atoms. The Morgan fingerprint density at radius 2 is 2.16 bits per heavy atom. The molecule has 6 heteroatoms. The molecular formula is C13H16F2N4. The zero-order valence-electron chi connectivity index (χ0n) is 10.9. The van der Waals surface area contributed by atoms with E-state index in [1.165, 1.54) is 12.1 Å². The number of nitrogens with zero attached hydrogens (tertiary/aromatic N) is 3. The van der Waals surface area contributed by atoms with Crippen molar-refractivity contribution in [2.75, 3.05) is 0 Å². The third-order valence-corrected chi connectivity index (χ3v) is 3.03. The first-order chi connectivity index (χ1) is 9.11. The second kappa shape index (κ2) is 5.88. The van der Waals surface area contributed by atoms with E-state index in [1.54, 1.807) is 6.33 Å². The van der Waals surface area contributed by atoms with Gasteiger partial charge < -0.3 is 9.88 Å². The van der Waals surface area contributed by atoms with Gasteiger partial charge in [0.1, 0.15) is 23.8 Å². The largest absolute Gasteiger partial charge is 0.317 e. The molecule has 1 aromatic heterocycles. The number of hydrogen-bond donors (Lipinski definition) is 1. The van der Waals surface area contributed by atoms with E-state index < -0.39 is 11.6 Å². The second-order valence-electron chi connectivity index (χ2n) is 4.30. The standard InChI is InChI=1S/C13H16F2N4/c1-3-19-8-17-18-13(19)7-16-9(2)11-5-4-10(14)6-12(11)15/h4-6,8-9,16H,3,7H2,1-2H3. The van der Waals surface area contributed by atoms with Gasteiger partial charge in [-0.3, -0.25) is 0 Å². The first-order valence-corrected chi connectivity index (χ1v) is 6.16. The van der Waals surface area contributed by atoms with E-state index in [2.05, 4.69) is 15.5 Å². The summed E-state index contributed by atoms with van der Waals surface area (Å²) in [6.45, 7) is 5.08. The summed E-state index contributed by atoms with van der Waals surface area (Å²) >= 11 is 0. The van der Waals surface area contributed by atoms with Crippen LogP contribution in [0.2, 0.25) is 0 Å². The molecule has 4 nitrogen and oxygen atoms in total. The minimum Gasteiger partial charge on any atom is -0.317 e. The van der Waals surface area contributed by atoms with Gasteiger partial charge in [0.2, 0.25) is 0 Å². The van der Waals surface area contributed by atoms with Gasteiger partial charge in [0, 0.05) is 24.2 Å². The van der Waals surface area contributed by atoms with Gasteiger partial charge in [-0.1, -0.05) is 6.07 Å². The maximum absolute atomic E-state index is 13.6. The molecule has 1 unspecified atom stereocenters. The van der Waals surface area contributed by atoms with Crippen LogP contribution in [-0.2, 0) is 13.1 Å². The summed E-state index contributed by atoms with van der Waals surface area (Å²) in [4.78, 5) is 0. The van der Waals surface area contributed by atoms with Crippen LogP contribution in [0.1, 0.15) is 31.3 Å². The first-order valence-electron chi connectivity index (χ1n) is 6.16. The Kier molecular flexibility index (Phi) is 4.21. The highest BCUT2D eigenvalue weighted by Crippen LogP contribution is 2.17. The minimum atomic E-state index is -0.570. The average Bonchev–Trinajstić information content (AvgIpc) is 2.83. The quantitative estimate of drug-likeness (QED) is 0.903. The summed E-state index contributed by atoms with van der Waals surface area (Å²) in [6.07, 6.45) is 1.65. The van der Waals surface area contributed by atoms with E-state index >= 15 is 0 Å². The highest BCUT2D eigenvalue weighted by molar-refractivity contribution is 5.21. The Bertz CT molecular complexity index is 553. The molecule has 0 spiro atoms. The molecular weight excluding hydrogens is 250 g/mol. The summed E-state index contributed by atoms with van der Waals surface area (Å²) in [5, 5.41) is 11.0. The lowest BCUT2D eigenvalue weighted by molar-refractivity contribution is 0.503. The molecule has 0 amide bonds. The summed E-state index contributed by atoms with van der Waals surface area (Å²) in [5.74, 6) is -0.326. The monoisotopic (exact) mass is 266 g/mol. The molecule has 0 saturated heterocycles. The van der Waals surface area contributed by atoms with Crippen LogP contribution < -0.4 is 5.32 Å². The van der Waals surface area contributed by atoms with Crippen LogP contribution in [0, 0.1) is 11.6 Å². The van der Waals surface area contributed by atoms with Crippen molar-refractivity contribution in [1.82, 2.24) is 20.1 Å². The highest BCUT2D eigenvalue weighted by atomic mass is 19.1. The first kappa shape index (κ1) is 13.6. The zero-order chi connectivity index (χ0) is 13.8. The van der Waals surface area contributed by atoms with Crippen LogP contribution in [-0.4, -0.2) is 14.8 Å². The fraction of sp³-hybridized carbons (Fsp3) is 0.385. The molecule has 0 saturated carbocycles. The molecule has 0 aliphatic heterocycles. The SMILES string of the molecule is CCn1cnnc1CNC(C)c1ccc(F)cc1F. The number of hydrogen-bond acceptors (Lipinski definition) is 3. The predicted octanol–water partition coefficient (Wildman–Crippen LogP) is 2.43. The number of halogens is 2. The summed E-state index contributed by atoms with van der Waals surface area (Å²) in [7, 11) is 0. The highest BCUT2D eigenvalue weighted by Gasteiger charge is 2.12. The van der Waals surface area contributed by atoms with Gasteiger partial charge in [-0.25, -0.2) is 8.78 Å². The molecule has 0 radical (unpaired) electrons. The third kappa shape index (κ3) is 3.14. The molecule has 0 fully saturated rings. The Morgan fingerprint density at radius 1 is 1.37 bits per heavy atom. The topological polar surface area (TPSA) is 42.7 Å². The number of benzene rings is 1. The molecule has 1 N–H and O–H groups in total. The van der Waals surface area contributed by atoms with Gasteiger partial charge in [-0.15, -0.1) is 10.2 Å². The lowest BCUT2D eigenvalue weighted by atomic mass is 10.1. The lowest BCUT2D eigenvalue weighted by Gasteiger charge is -2.15. The van der Waals surface area contributed by atoms with Crippen molar-refractivity contribution < 1.29 is 8.78 Å². The molecule has 0 aliphatic carbocycles. The van der Waals surface area contributed by atoms with Crippen molar-refractivity contribution in [2.45, 2.75) is 33.0 Å². The molecule has 1 aromatic carbocycles. The van der Waals surface area contributed by atoms with Crippen LogP contribution in [0.5, 0.6) is 0 Å². The van der Waals surface area contributed by atoms with E-state index in [1.807, 2.05) is 18.4 Å². The van der Waals surface area contributed by atoms with Crippen LogP contribution >= 0.6 is 0 Å². The summed E-state index contributed by atoms with van der Waals surface area (Å²) < 4.78 is 28.3. The predicted molar refractivity (Wildman–Crippen MR) is 67.3 cm³/mol. The molecule has 1 atom stereocenters. The maximum Gasteiger partial charge on any atom is 0.146 e. The minimum absolute atomic E-state index is 0.234. The van der Waals surface area contributed by atoms with E-state index in [9.17, 15) is 8.78 Å². The fourth-order valence-corrected chi connectivity index (χ4v) is 1.89. The molecule has 19 heavy (non-hydrogen) atoms. The second-order valence-corrected chi connectivity index (χ2v) is 4.30. The van der Waals surface area contributed by atoms with Gasteiger partial charge in [0.05, 0.1) is 6.54 Å². The molecule has 0 aliphatic rings. The van der Waals surface area contributed by atoms with E-state index in [0.29, 0.717) is 12.1 Å². The van der Waals surface area contributed by atoms with Gasteiger partial charge in [0.25, 0.3) is 0 Å². The van der Waals surface area contributed by atoms with E-state index in [4.69, 9.17) is 0 Å². The number of rotatable bonds is 5. The Balaban J connectivity index is 2.03. The Labute approximate surface area is 110 Å². The van der Waals surface area contributed by atoms with Gasteiger partial charge in [0.15, 0.2) is 0 Å². The number of nitrogens with one attached hydrogen (secondary N) is 1. The summed E-state index contributed by atoms with van der Waals surface area (Å²) in [5.41, 5.74) is 0.434. The zero-order valence-corrected chi connectivity index (χ0v) is 10.9. The number of aromatic nitrogens is 3. The molecule has 102 valence electrons. The Morgan fingerprint density at radius 3 is 2.84 bits per heavy atom. The van der Waals surface area contributed by atoms with E-state index in [0.717, 1.165) is 18.4 Å². The lowest BCUT2D eigenvalue weighted by Crippen LogP contribution is -2.21. The fourth-order valence-electron chi connectivity index (χ4n) is 1.89. The van der Waals surface area contributed by atoms with Crippen molar-refractivity contribution >= 4 is 0 Å². The van der Waals surface area contributed by atoms with Crippen LogP contribution in [0.3, 0.4) is 0 Å². The van der Waals surface area contributed by atoms with Crippen LogP contribution in [0.15, 0.2) is 24.5 Å². The summed E-state index contributed by atoms with van der Waals surface area (Å²) in [6, 6.07) is 3.36. The smallest absolute Gasteiger partial charge is 0.146 e. The molecule has 1 heterocycles.